The summed E-state index contributed by atoms with van der Waals surface area (Å²) < 4.78 is 6.00. The Morgan fingerprint density at radius 1 is 0.857 bits per heavy atom. The van der Waals surface area contributed by atoms with Crippen LogP contribution < -0.4 is 10.1 Å². The molecule has 3 nitrogen and oxygen atoms in total. The van der Waals surface area contributed by atoms with E-state index in [0.717, 1.165) is 21.7 Å². The molecule has 0 bridgehead atoms. The van der Waals surface area contributed by atoms with Gasteiger partial charge in [-0.1, -0.05) is 79.7 Å². The number of nitrogens with one attached hydrogen (secondary N) is 1. The van der Waals surface area contributed by atoms with E-state index in [4.69, 9.17) is 4.74 Å². The monoisotopic (exact) mass is 369 g/mol. The third-order valence-electron chi connectivity index (χ3n) is 5.00. The maximum absolute atomic E-state index is 12.7. The number of carbonyl (C=O) groups is 1. The summed E-state index contributed by atoms with van der Waals surface area (Å²) in [5.74, 6) is 0.620. The molecule has 0 heterocycles. The fraction of sp³-hybridized carbons (Fsp3) is 0.160. The van der Waals surface area contributed by atoms with Gasteiger partial charge in [0, 0.05) is 6.54 Å². The molecule has 4 aromatic carbocycles. The van der Waals surface area contributed by atoms with Gasteiger partial charge in [-0.15, -0.1) is 0 Å². The lowest BCUT2D eigenvalue weighted by Gasteiger charge is -2.18. The van der Waals surface area contributed by atoms with Crippen LogP contribution in [0.4, 0.5) is 0 Å². The predicted molar refractivity (Wildman–Crippen MR) is 114 cm³/mol. The molecule has 1 N–H and O–H groups in total. The minimum Gasteiger partial charge on any atom is -0.481 e. The number of hydrogen-bond donors (Lipinski definition) is 1. The molecular formula is C25H23NO2. The van der Waals surface area contributed by atoms with Crippen LogP contribution in [0.5, 0.6) is 5.75 Å². The predicted octanol–water partition coefficient (Wildman–Crippen LogP) is 5.47. The van der Waals surface area contributed by atoms with Crippen molar-refractivity contribution in [3.05, 3.63) is 90.5 Å². The number of carbonyl (C=O) groups excluding carboxylic acids is 1. The summed E-state index contributed by atoms with van der Waals surface area (Å²) >= 11 is 0. The number of amides is 1. The third-order valence-corrected chi connectivity index (χ3v) is 5.00. The summed E-state index contributed by atoms with van der Waals surface area (Å²) in [4.78, 5) is 12.7. The van der Waals surface area contributed by atoms with Crippen molar-refractivity contribution in [2.75, 3.05) is 0 Å². The summed E-state index contributed by atoms with van der Waals surface area (Å²) in [6.45, 7) is 2.45. The number of ether oxygens (including phenoxy) is 1. The molecule has 140 valence electrons. The van der Waals surface area contributed by atoms with Gasteiger partial charge in [-0.25, -0.2) is 0 Å². The largest absolute Gasteiger partial charge is 0.481 e. The number of hydrogen-bond acceptors (Lipinski definition) is 2. The molecule has 0 aliphatic heterocycles. The maximum atomic E-state index is 12.7. The molecule has 28 heavy (non-hydrogen) atoms. The van der Waals surface area contributed by atoms with E-state index < -0.39 is 6.10 Å². The van der Waals surface area contributed by atoms with Gasteiger partial charge in [0.1, 0.15) is 5.75 Å². The Kier molecular flexibility index (Phi) is 5.24. The third kappa shape index (κ3) is 3.84. The van der Waals surface area contributed by atoms with Crippen LogP contribution >= 0.6 is 0 Å². The zero-order valence-corrected chi connectivity index (χ0v) is 15.9. The molecule has 0 aliphatic carbocycles. The Morgan fingerprint density at radius 2 is 1.57 bits per heavy atom. The van der Waals surface area contributed by atoms with Crippen LogP contribution in [0.3, 0.4) is 0 Å². The van der Waals surface area contributed by atoms with Crippen LogP contribution in [0, 0.1) is 0 Å². The van der Waals surface area contributed by atoms with Crippen LogP contribution in [0.1, 0.15) is 18.9 Å². The van der Waals surface area contributed by atoms with Crippen molar-refractivity contribution in [2.24, 2.45) is 0 Å². The summed E-state index contributed by atoms with van der Waals surface area (Å²) in [5.41, 5.74) is 1.10. The lowest BCUT2D eigenvalue weighted by Crippen LogP contribution is -2.37. The van der Waals surface area contributed by atoms with E-state index in [1.54, 1.807) is 0 Å². The van der Waals surface area contributed by atoms with Gasteiger partial charge in [0.25, 0.3) is 5.91 Å². The van der Waals surface area contributed by atoms with E-state index in [2.05, 4.69) is 29.6 Å². The average molecular weight is 369 g/mol. The molecule has 0 aromatic heterocycles. The molecule has 0 radical (unpaired) electrons. The summed E-state index contributed by atoms with van der Waals surface area (Å²) in [6, 6.07) is 28.4. The van der Waals surface area contributed by atoms with Crippen LogP contribution in [-0.2, 0) is 11.3 Å². The van der Waals surface area contributed by atoms with Gasteiger partial charge in [0.05, 0.1) is 0 Å². The lowest BCUT2D eigenvalue weighted by molar-refractivity contribution is -0.128. The highest BCUT2D eigenvalue weighted by molar-refractivity contribution is 5.87. The first-order chi connectivity index (χ1) is 13.7. The van der Waals surface area contributed by atoms with Crippen molar-refractivity contribution >= 4 is 27.5 Å². The van der Waals surface area contributed by atoms with Crippen LogP contribution in [0.2, 0.25) is 0 Å². The first kappa shape index (κ1) is 18.1. The second-order valence-electron chi connectivity index (χ2n) is 6.88. The quantitative estimate of drug-likeness (QED) is 0.490. The topological polar surface area (TPSA) is 38.3 Å². The van der Waals surface area contributed by atoms with Gasteiger partial charge >= 0.3 is 0 Å². The Bertz CT molecular complexity index is 1110. The lowest BCUT2D eigenvalue weighted by atomic mass is 10.0. The van der Waals surface area contributed by atoms with E-state index in [1.807, 2.05) is 67.6 Å². The fourth-order valence-electron chi connectivity index (χ4n) is 3.47. The molecule has 0 spiro atoms. The number of rotatable bonds is 6. The van der Waals surface area contributed by atoms with Gasteiger partial charge in [-0.2, -0.15) is 0 Å². The van der Waals surface area contributed by atoms with E-state index >= 15 is 0 Å². The molecule has 1 amide bonds. The highest BCUT2D eigenvalue weighted by Gasteiger charge is 2.18. The SMILES string of the molecule is CC[C@@H](Oc1ccc2ccccc2c1)C(=O)NCc1cccc2ccccc12. The standard InChI is InChI=1S/C25H23NO2/c1-2-24(28-22-15-14-18-8-3-4-10-20(18)16-22)25(27)26-17-21-12-7-11-19-9-5-6-13-23(19)21/h3-16,24H,2,17H2,1H3,(H,26,27)/t24-/m1/s1. The second-order valence-corrected chi connectivity index (χ2v) is 6.88. The van der Waals surface area contributed by atoms with Crippen molar-refractivity contribution in [2.45, 2.75) is 26.0 Å². The van der Waals surface area contributed by atoms with Crippen molar-refractivity contribution in [3.8, 4) is 5.75 Å². The van der Waals surface area contributed by atoms with Crippen LogP contribution in [0.15, 0.2) is 84.9 Å². The van der Waals surface area contributed by atoms with E-state index in [0.29, 0.717) is 18.7 Å². The van der Waals surface area contributed by atoms with E-state index in [9.17, 15) is 4.79 Å². The summed E-state index contributed by atoms with van der Waals surface area (Å²) in [5, 5.41) is 7.63. The average Bonchev–Trinajstić information content (AvgIpc) is 2.75. The van der Waals surface area contributed by atoms with Gasteiger partial charge in [0.2, 0.25) is 0 Å². The minimum atomic E-state index is -0.517. The van der Waals surface area contributed by atoms with Gasteiger partial charge in [-0.3, -0.25) is 4.79 Å². The first-order valence-corrected chi connectivity index (χ1v) is 9.64. The van der Waals surface area contributed by atoms with Gasteiger partial charge in [0.15, 0.2) is 6.10 Å². The molecule has 4 aromatic rings. The molecule has 0 saturated heterocycles. The Balaban J connectivity index is 1.46. The molecular weight excluding hydrogens is 346 g/mol. The van der Waals surface area contributed by atoms with Crippen molar-refractivity contribution < 1.29 is 9.53 Å². The Hall–Kier alpha value is -3.33. The van der Waals surface area contributed by atoms with Crippen molar-refractivity contribution in [1.82, 2.24) is 5.32 Å². The molecule has 1 atom stereocenters. The minimum absolute atomic E-state index is 0.0939. The summed E-state index contributed by atoms with van der Waals surface area (Å²) in [7, 11) is 0. The zero-order valence-electron chi connectivity index (χ0n) is 15.9. The van der Waals surface area contributed by atoms with Crippen LogP contribution in [0.25, 0.3) is 21.5 Å². The van der Waals surface area contributed by atoms with Crippen molar-refractivity contribution in [3.63, 3.8) is 0 Å². The second kappa shape index (κ2) is 8.13. The van der Waals surface area contributed by atoms with Crippen LogP contribution in [-0.4, -0.2) is 12.0 Å². The smallest absolute Gasteiger partial charge is 0.261 e. The zero-order chi connectivity index (χ0) is 19.3. The number of fused-ring (bicyclic) bond motifs is 2. The fourth-order valence-corrected chi connectivity index (χ4v) is 3.47. The highest BCUT2D eigenvalue weighted by atomic mass is 16.5. The van der Waals surface area contributed by atoms with Gasteiger partial charge in [-0.05, 0) is 45.7 Å². The van der Waals surface area contributed by atoms with Gasteiger partial charge < -0.3 is 10.1 Å². The maximum Gasteiger partial charge on any atom is 0.261 e. The van der Waals surface area contributed by atoms with Crippen molar-refractivity contribution in [1.29, 1.82) is 0 Å². The molecule has 0 unspecified atom stereocenters. The molecule has 0 aliphatic rings. The Morgan fingerprint density at radius 3 is 2.39 bits per heavy atom. The van der Waals surface area contributed by atoms with E-state index in [-0.39, 0.29) is 5.91 Å². The number of benzene rings is 4. The Labute approximate surface area is 165 Å². The molecule has 0 fully saturated rings. The van der Waals surface area contributed by atoms with E-state index in [1.165, 1.54) is 5.39 Å². The molecule has 3 heteroatoms. The first-order valence-electron chi connectivity index (χ1n) is 9.64. The normalized spacial score (nSPS) is 12.0. The highest BCUT2D eigenvalue weighted by Crippen LogP contribution is 2.22. The summed E-state index contributed by atoms with van der Waals surface area (Å²) in [6.07, 6.45) is 0.0879. The molecule has 0 saturated carbocycles. The molecule has 4 rings (SSSR count).